The molecule has 0 saturated heterocycles. The number of allylic oxidation sites excluding steroid dienone is 2. The molecule has 1 aliphatic rings. The molecule has 2 atom stereocenters. The van der Waals surface area contributed by atoms with Gasteiger partial charge in [-0.1, -0.05) is 72.8 Å². The Morgan fingerprint density at radius 1 is 0.829 bits per heavy atom. The minimum atomic E-state index is -0.928. The fourth-order valence-corrected chi connectivity index (χ4v) is 5.84. The van der Waals surface area contributed by atoms with Gasteiger partial charge in [0.2, 0.25) is 0 Å². The maximum absolute atomic E-state index is 13.2. The normalized spacial score (nSPS) is 16.8. The first-order valence-electron chi connectivity index (χ1n) is 14.1. The number of carbonyl (C=O) groups is 2. The van der Waals surface area contributed by atoms with E-state index in [1.54, 1.807) is 12.1 Å². The van der Waals surface area contributed by atoms with E-state index >= 15 is 0 Å². The van der Waals surface area contributed by atoms with Gasteiger partial charge in [-0.25, -0.2) is 4.79 Å². The standard InChI is InChI=1S/C36H36N2O3/c1-24(14-15-27-10-6-5-7-11-27)37-35(39)30-20-21-34-33(22-30)25(2)26(3)38(34,4)23-28-16-18-29(19-17-28)31-12-8-9-13-32(31)36(40)41/h5-13,16-22,24H,14-15,23H2,1-4H3,(H-,37,39,40,41)/p+1. The van der Waals surface area contributed by atoms with Crippen molar-refractivity contribution in [2.75, 3.05) is 7.05 Å². The molecular weight excluding hydrogens is 508 g/mol. The van der Waals surface area contributed by atoms with Crippen molar-refractivity contribution in [3.63, 3.8) is 0 Å². The summed E-state index contributed by atoms with van der Waals surface area (Å²) in [7, 11) is 2.21. The SMILES string of the molecule is CC1=C(C)[N+](C)(Cc2ccc(-c3ccccc3C(=O)O)cc2)c2ccc(C(=O)NC(C)CCc3ccccc3)cc21. The highest BCUT2D eigenvalue weighted by molar-refractivity contribution is 5.98. The van der Waals surface area contributed by atoms with Crippen molar-refractivity contribution < 1.29 is 14.7 Å². The van der Waals surface area contributed by atoms with Gasteiger partial charge in [0.1, 0.15) is 17.9 Å². The number of carboxylic acids is 1. The van der Waals surface area contributed by atoms with Crippen LogP contribution in [-0.2, 0) is 13.0 Å². The van der Waals surface area contributed by atoms with Gasteiger partial charge in [-0.2, -0.15) is 0 Å². The second kappa shape index (κ2) is 11.6. The highest BCUT2D eigenvalue weighted by Gasteiger charge is 2.39. The van der Waals surface area contributed by atoms with Crippen LogP contribution in [0.2, 0.25) is 0 Å². The lowest BCUT2D eigenvalue weighted by molar-refractivity contribution is 0.0697. The average molecular weight is 546 g/mol. The topological polar surface area (TPSA) is 66.4 Å². The number of fused-ring (bicyclic) bond motifs is 1. The van der Waals surface area contributed by atoms with Crippen LogP contribution in [0.15, 0.2) is 103 Å². The van der Waals surface area contributed by atoms with Crippen molar-refractivity contribution in [2.24, 2.45) is 0 Å². The first-order valence-corrected chi connectivity index (χ1v) is 14.1. The number of hydrogen-bond acceptors (Lipinski definition) is 2. The number of hydrogen-bond donors (Lipinski definition) is 2. The van der Waals surface area contributed by atoms with Crippen LogP contribution in [0.4, 0.5) is 5.69 Å². The zero-order valence-corrected chi connectivity index (χ0v) is 24.1. The molecule has 5 heteroatoms. The van der Waals surface area contributed by atoms with E-state index in [1.807, 2.05) is 54.6 Å². The summed E-state index contributed by atoms with van der Waals surface area (Å²) in [5.41, 5.74) is 9.73. The first kappa shape index (κ1) is 28.1. The summed E-state index contributed by atoms with van der Waals surface area (Å²) >= 11 is 0. The molecule has 4 aromatic carbocycles. The van der Waals surface area contributed by atoms with Crippen molar-refractivity contribution >= 4 is 23.1 Å². The number of rotatable bonds is 9. The Morgan fingerprint density at radius 3 is 2.22 bits per heavy atom. The van der Waals surface area contributed by atoms with Crippen molar-refractivity contribution in [2.45, 2.75) is 46.2 Å². The fourth-order valence-electron chi connectivity index (χ4n) is 5.84. The molecule has 41 heavy (non-hydrogen) atoms. The predicted octanol–water partition coefficient (Wildman–Crippen LogP) is 7.70. The number of quaternary nitrogens is 1. The Hall–Kier alpha value is -4.48. The summed E-state index contributed by atoms with van der Waals surface area (Å²) in [6, 6.07) is 31.7. The molecule has 1 heterocycles. The lowest BCUT2D eigenvalue weighted by atomic mass is 9.98. The first-order chi connectivity index (χ1) is 19.7. The summed E-state index contributed by atoms with van der Waals surface area (Å²) in [5.74, 6) is -0.973. The molecule has 0 radical (unpaired) electrons. The predicted molar refractivity (Wildman–Crippen MR) is 167 cm³/mol. The molecule has 2 N–H and O–H groups in total. The number of carbonyl (C=O) groups excluding carboxylic acids is 1. The van der Waals surface area contributed by atoms with E-state index in [0.29, 0.717) is 21.2 Å². The molecule has 0 bridgehead atoms. The third-order valence-electron chi connectivity index (χ3n) is 8.48. The van der Waals surface area contributed by atoms with Crippen LogP contribution in [0.5, 0.6) is 0 Å². The Balaban J connectivity index is 1.32. The van der Waals surface area contributed by atoms with Crippen LogP contribution in [0.3, 0.4) is 0 Å². The maximum Gasteiger partial charge on any atom is 0.336 e. The van der Waals surface area contributed by atoms with Gasteiger partial charge in [-0.3, -0.25) is 9.28 Å². The summed E-state index contributed by atoms with van der Waals surface area (Å²) < 4.78 is 0.627. The summed E-state index contributed by atoms with van der Waals surface area (Å²) in [5, 5.41) is 12.8. The van der Waals surface area contributed by atoms with E-state index in [2.05, 4.69) is 63.5 Å². The largest absolute Gasteiger partial charge is 0.478 e. The van der Waals surface area contributed by atoms with Gasteiger partial charge in [-0.05, 0) is 61.6 Å². The minimum Gasteiger partial charge on any atom is -0.478 e. The van der Waals surface area contributed by atoms with Crippen molar-refractivity contribution in [1.29, 1.82) is 0 Å². The van der Waals surface area contributed by atoms with Gasteiger partial charge in [0.15, 0.2) is 0 Å². The number of nitrogens with one attached hydrogen (secondary N) is 1. The van der Waals surface area contributed by atoms with Crippen LogP contribution in [0.25, 0.3) is 16.7 Å². The third kappa shape index (κ3) is 5.72. The molecule has 0 aromatic heterocycles. The Labute approximate surface area is 242 Å². The van der Waals surface area contributed by atoms with E-state index in [9.17, 15) is 14.7 Å². The third-order valence-corrected chi connectivity index (χ3v) is 8.48. The smallest absolute Gasteiger partial charge is 0.336 e. The second-order valence-corrected chi connectivity index (χ2v) is 11.2. The Kier molecular flexibility index (Phi) is 7.91. The molecule has 1 aliphatic heterocycles. The number of aryl methyl sites for hydroxylation is 1. The van der Waals surface area contributed by atoms with Gasteiger partial charge >= 0.3 is 5.97 Å². The molecule has 0 spiro atoms. The highest BCUT2D eigenvalue weighted by atomic mass is 16.4. The summed E-state index contributed by atoms with van der Waals surface area (Å²) in [4.78, 5) is 24.8. The lowest BCUT2D eigenvalue weighted by Crippen LogP contribution is -2.40. The minimum absolute atomic E-state index is 0.0443. The van der Waals surface area contributed by atoms with Crippen LogP contribution >= 0.6 is 0 Å². The van der Waals surface area contributed by atoms with Crippen LogP contribution in [0.1, 0.15) is 64.6 Å². The van der Waals surface area contributed by atoms with E-state index in [-0.39, 0.29) is 11.9 Å². The fraction of sp³-hybridized carbons (Fsp3) is 0.222. The zero-order valence-electron chi connectivity index (χ0n) is 24.1. The Bertz CT molecular complexity index is 1620. The molecule has 0 aliphatic carbocycles. The lowest BCUT2D eigenvalue weighted by Gasteiger charge is -2.31. The van der Waals surface area contributed by atoms with Crippen LogP contribution in [0, 0.1) is 0 Å². The number of amides is 1. The van der Waals surface area contributed by atoms with Gasteiger partial charge in [0, 0.05) is 41.3 Å². The second-order valence-electron chi connectivity index (χ2n) is 11.2. The summed E-state index contributed by atoms with van der Waals surface area (Å²) in [6.45, 7) is 7.11. The van der Waals surface area contributed by atoms with Gasteiger partial charge in [0.25, 0.3) is 5.91 Å². The van der Waals surface area contributed by atoms with Crippen molar-refractivity contribution in [3.8, 4) is 11.1 Å². The van der Waals surface area contributed by atoms with Gasteiger partial charge in [-0.15, -0.1) is 0 Å². The highest BCUT2D eigenvalue weighted by Crippen LogP contribution is 2.45. The van der Waals surface area contributed by atoms with Crippen LogP contribution < -0.4 is 9.80 Å². The van der Waals surface area contributed by atoms with Crippen molar-refractivity contribution in [1.82, 2.24) is 9.80 Å². The number of carboxylic acid groups (broad SMARTS) is 1. The zero-order chi connectivity index (χ0) is 29.1. The summed E-state index contributed by atoms with van der Waals surface area (Å²) in [6.07, 6.45) is 1.81. The number of benzene rings is 4. The maximum atomic E-state index is 13.2. The average Bonchev–Trinajstić information content (AvgIpc) is 3.17. The van der Waals surface area contributed by atoms with Gasteiger partial charge in [0.05, 0.1) is 12.6 Å². The molecule has 208 valence electrons. The molecule has 4 aromatic rings. The van der Waals surface area contributed by atoms with Crippen molar-refractivity contribution in [3.05, 3.63) is 131 Å². The van der Waals surface area contributed by atoms with Crippen LogP contribution in [-0.4, -0.2) is 30.1 Å². The molecule has 1 amide bonds. The monoisotopic (exact) mass is 545 g/mol. The molecule has 0 saturated carbocycles. The number of aromatic carboxylic acids is 1. The van der Waals surface area contributed by atoms with E-state index in [1.165, 1.54) is 22.5 Å². The van der Waals surface area contributed by atoms with E-state index < -0.39 is 5.97 Å². The van der Waals surface area contributed by atoms with E-state index in [0.717, 1.165) is 36.1 Å². The molecule has 0 fully saturated rings. The molecule has 5 nitrogen and oxygen atoms in total. The number of nitrogens with zero attached hydrogens (tertiary/aromatic N) is 1. The quantitative estimate of drug-likeness (QED) is 0.212. The molecule has 2 unspecified atom stereocenters. The van der Waals surface area contributed by atoms with Gasteiger partial charge < -0.3 is 10.4 Å². The van der Waals surface area contributed by atoms with E-state index in [4.69, 9.17) is 0 Å². The molecule has 5 rings (SSSR count). The molecular formula is C36H37N2O3+. The Morgan fingerprint density at radius 2 is 1.51 bits per heavy atom.